The number of nitrogens with zero attached hydrogens (tertiary/aromatic N) is 4. The Morgan fingerprint density at radius 2 is 2.16 bits per heavy atom. The average Bonchev–Trinajstić information content (AvgIpc) is 3.19. The van der Waals surface area contributed by atoms with Gasteiger partial charge in [-0.2, -0.15) is 0 Å². The second-order valence-corrected chi connectivity index (χ2v) is 5.47. The van der Waals surface area contributed by atoms with E-state index in [0.29, 0.717) is 23.4 Å². The summed E-state index contributed by atoms with van der Waals surface area (Å²) in [6, 6.07) is 6.52. The van der Waals surface area contributed by atoms with Crippen molar-refractivity contribution in [3.8, 4) is 0 Å². The minimum atomic E-state index is -0.994. The highest BCUT2D eigenvalue weighted by molar-refractivity contribution is 5.98. The molecule has 0 spiro atoms. The van der Waals surface area contributed by atoms with Crippen LogP contribution in [-0.2, 0) is 16.1 Å². The number of benzene rings is 1. The van der Waals surface area contributed by atoms with Crippen molar-refractivity contribution in [3.05, 3.63) is 35.6 Å². The molecule has 2 aromatic heterocycles. The summed E-state index contributed by atoms with van der Waals surface area (Å²) >= 11 is 0. The van der Waals surface area contributed by atoms with Gasteiger partial charge in [0.05, 0.1) is 11.1 Å². The SMILES string of the molecule is CCn1nnc2cc(C(=O)O[C@@H](C)C(=O)Nc3cc(C)on3)ccc21. The number of ether oxygens (including phenoxy) is 1. The number of rotatable bonds is 5. The molecule has 130 valence electrons. The second kappa shape index (κ2) is 6.71. The predicted octanol–water partition coefficient (Wildman–Crippen LogP) is 1.93. The molecule has 1 N–H and O–H groups in total. The standard InChI is InChI=1S/C16H17N5O4/c1-4-21-13-6-5-11(8-12(13)18-20-21)16(23)24-10(3)15(22)17-14-7-9(2)25-19-14/h5-8,10H,4H2,1-3H3,(H,17,19,22)/t10-/m0/s1. The van der Waals surface area contributed by atoms with E-state index in [4.69, 9.17) is 9.26 Å². The van der Waals surface area contributed by atoms with Crippen LogP contribution in [0.25, 0.3) is 11.0 Å². The number of hydrogen-bond acceptors (Lipinski definition) is 7. The lowest BCUT2D eigenvalue weighted by Crippen LogP contribution is -2.30. The maximum absolute atomic E-state index is 12.2. The van der Waals surface area contributed by atoms with Crippen molar-refractivity contribution < 1.29 is 18.8 Å². The molecule has 25 heavy (non-hydrogen) atoms. The number of carbonyl (C=O) groups is 2. The monoisotopic (exact) mass is 343 g/mol. The van der Waals surface area contributed by atoms with E-state index >= 15 is 0 Å². The molecule has 9 nitrogen and oxygen atoms in total. The Kier molecular flexibility index (Phi) is 4.46. The number of aromatic nitrogens is 4. The summed E-state index contributed by atoms with van der Waals surface area (Å²) in [5.41, 5.74) is 1.71. The Morgan fingerprint density at radius 1 is 1.36 bits per heavy atom. The third-order valence-corrected chi connectivity index (χ3v) is 3.58. The van der Waals surface area contributed by atoms with E-state index in [1.165, 1.54) is 6.92 Å². The fourth-order valence-corrected chi connectivity index (χ4v) is 2.27. The van der Waals surface area contributed by atoms with Gasteiger partial charge in [0.2, 0.25) is 0 Å². The molecule has 0 bridgehead atoms. The minimum Gasteiger partial charge on any atom is -0.449 e. The molecule has 0 aliphatic rings. The third-order valence-electron chi connectivity index (χ3n) is 3.58. The molecule has 9 heteroatoms. The van der Waals surface area contributed by atoms with Crippen molar-refractivity contribution in [2.45, 2.75) is 33.4 Å². The van der Waals surface area contributed by atoms with Gasteiger partial charge in [0, 0.05) is 12.6 Å². The zero-order valence-electron chi connectivity index (χ0n) is 14.0. The maximum atomic E-state index is 12.2. The summed E-state index contributed by atoms with van der Waals surface area (Å²) in [5, 5.41) is 14.2. The third kappa shape index (κ3) is 3.49. The summed E-state index contributed by atoms with van der Waals surface area (Å²) < 4.78 is 11.8. The summed E-state index contributed by atoms with van der Waals surface area (Å²) in [7, 11) is 0. The largest absolute Gasteiger partial charge is 0.449 e. The van der Waals surface area contributed by atoms with Gasteiger partial charge >= 0.3 is 5.97 Å². The van der Waals surface area contributed by atoms with E-state index in [9.17, 15) is 9.59 Å². The zero-order valence-corrected chi connectivity index (χ0v) is 14.0. The number of anilines is 1. The lowest BCUT2D eigenvalue weighted by molar-refractivity contribution is -0.123. The highest BCUT2D eigenvalue weighted by atomic mass is 16.5. The van der Waals surface area contributed by atoms with Crippen molar-refractivity contribution in [1.82, 2.24) is 20.2 Å². The molecule has 1 aromatic carbocycles. The van der Waals surface area contributed by atoms with Gasteiger partial charge in [0.1, 0.15) is 11.3 Å². The first-order chi connectivity index (χ1) is 12.0. The van der Waals surface area contributed by atoms with Crippen LogP contribution in [-0.4, -0.2) is 38.1 Å². The Bertz CT molecular complexity index is 930. The smallest absolute Gasteiger partial charge is 0.338 e. The topological polar surface area (TPSA) is 112 Å². The van der Waals surface area contributed by atoms with Gasteiger partial charge in [0.15, 0.2) is 11.9 Å². The van der Waals surface area contributed by atoms with Crippen LogP contribution in [0.1, 0.15) is 30.0 Å². The molecule has 0 unspecified atom stereocenters. The van der Waals surface area contributed by atoms with Crippen LogP contribution < -0.4 is 5.32 Å². The minimum absolute atomic E-state index is 0.267. The lowest BCUT2D eigenvalue weighted by atomic mass is 10.2. The first kappa shape index (κ1) is 16.6. The van der Waals surface area contributed by atoms with Crippen LogP contribution in [0.15, 0.2) is 28.8 Å². The van der Waals surface area contributed by atoms with Gasteiger partial charge in [-0.05, 0) is 39.0 Å². The van der Waals surface area contributed by atoms with Gasteiger partial charge in [0.25, 0.3) is 5.91 Å². The van der Waals surface area contributed by atoms with E-state index in [-0.39, 0.29) is 5.82 Å². The summed E-state index contributed by atoms with van der Waals surface area (Å²) in [5.74, 6) is -0.289. The molecular weight excluding hydrogens is 326 g/mol. The summed E-state index contributed by atoms with van der Waals surface area (Å²) in [4.78, 5) is 24.3. The van der Waals surface area contributed by atoms with Crippen LogP contribution in [0.5, 0.6) is 0 Å². The summed E-state index contributed by atoms with van der Waals surface area (Å²) in [6.45, 7) is 5.81. The number of aryl methyl sites for hydroxylation is 2. The van der Waals surface area contributed by atoms with Gasteiger partial charge in [-0.15, -0.1) is 5.10 Å². The fourth-order valence-electron chi connectivity index (χ4n) is 2.27. The number of esters is 1. The molecule has 2 heterocycles. The van der Waals surface area contributed by atoms with Crippen molar-refractivity contribution >= 4 is 28.7 Å². The number of nitrogens with one attached hydrogen (secondary N) is 1. The van der Waals surface area contributed by atoms with Gasteiger partial charge < -0.3 is 14.6 Å². The average molecular weight is 343 g/mol. The van der Waals surface area contributed by atoms with Crippen LogP contribution in [0.3, 0.4) is 0 Å². The van der Waals surface area contributed by atoms with E-state index in [2.05, 4.69) is 20.8 Å². The Morgan fingerprint density at radius 3 is 2.84 bits per heavy atom. The Balaban J connectivity index is 1.67. The molecule has 1 amide bonds. The van der Waals surface area contributed by atoms with E-state index < -0.39 is 18.0 Å². The van der Waals surface area contributed by atoms with Crippen molar-refractivity contribution in [3.63, 3.8) is 0 Å². The van der Waals surface area contributed by atoms with Gasteiger partial charge in [-0.25, -0.2) is 9.48 Å². The molecular formula is C16H17N5O4. The predicted molar refractivity (Wildman–Crippen MR) is 87.9 cm³/mol. The molecule has 0 aliphatic heterocycles. The van der Waals surface area contributed by atoms with Crippen LogP contribution in [0.2, 0.25) is 0 Å². The quantitative estimate of drug-likeness (QED) is 0.704. The Hall–Kier alpha value is -3.23. The molecule has 0 radical (unpaired) electrons. The number of fused-ring (bicyclic) bond motifs is 1. The highest BCUT2D eigenvalue weighted by Gasteiger charge is 2.20. The molecule has 0 saturated carbocycles. The van der Waals surface area contributed by atoms with Crippen LogP contribution in [0, 0.1) is 6.92 Å². The maximum Gasteiger partial charge on any atom is 0.338 e. The molecule has 3 rings (SSSR count). The number of carbonyl (C=O) groups excluding carboxylic acids is 2. The highest BCUT2D eigenvalue weighted by Crippen LogP contribution is 2.15. The van der Waals surface area contributed by atoms with E-state index in [1.807, 2.05) is 6.92 Å². The summed E-state index contributed by atoms with van der Waals surface area (Å²) in [6.07, 6.45) is -0.994. The second-order valence-electron chi connectivity index (χ2n) is 5.47. The molecule has 0 saturated heterocycles. The van der Waals surface area contributed by atoms with Crippen molar-refractivity contribution in [2.24, 2.45) is 0 Å². The molecule has 0 aliphatic carbocycles. The lowest BCUT2D eigenvalue weighted by Gasteiger charge is -2.12. The van der Waals surface area contributed by atoms with E-state index in [0.717, 1.165) is 5.52 Å². The normalized spacial score (nSPS) is 12.1. The molecule has 0 fully saturated rings. The first-order valence-corrected chi connectivity index (χ1v) is 7.76. The molecule has 1 atom stereocenters. The zero-order chi connectivity index (χ0) is 18.0. The number of hydrogen-bond donors (Lipinski definition) is 1. The Labute approximate surface area is 142 Å². The number of amides is 1. The first-order valence-electron chi connectivity index (χ1n) is 7.76. The van der Waals surface area contributed by atoms with E-state index in [1.54, 1.807) is 35.9 Å². The van der Waals surface area contributed by atoms with Crippen LogP contribution >= 0.6 is 0 Å². The van der Waals surface area contributed by atoms with Gasteiger partial charge in [-0.3, -0.25) is 4.79 Å². The molecule has 3 aromatic rings. The fraction of sp³-hybridized carbons (Fsp3) is 0.312. The van der Waals surface area contributed by atoms with Crippen molar-refractivity contribution in [1.29, 1.82) is 0 Å². The van der Waals surface area contributed by atoms with Gasteiger partial charge in [-0.1, -0.05) is 10.4 Å². The van der Waals surface area contributed by atoms with Crippen LogP contribution in [0.4, 0.5) is 5.82 Å². The van der Waals surface area contributed by atoms with Crippen molar-refractivity contribution in [2.75, 3.05) is 5.32 Å².